The summed E-state index contributed by atoms with van der Waals surface area (Å²) in [6.45, 7) is 7.38. The Hall–Kier alpha value is -2.75. The van der Waals surface area contributed by atoms with Crippen molar-refractivity contribution in [3.63, 3.8) is 0 Å². The number of piperidine rings is 1. The van der Waals surface area contributed by atoms with E-state index in [1.807, 2.05) is 0 Å². The van der Waals surface area contributed by atoms with Crippen molar-refractivity contribution in [1.29, 1.82) is 0 Å². The summed E-state index contributed by atoms with van der Waals surface area (Å²) in [5.74, 6) is 0.266. The zero-order valence-electron chi connectivity index (χ0n) is 20.8. The molecule has 2 aromatic carbocycles. The summed E-state index contributed by atoms with van der Waals surface area (Å²) in [4.78, 5) is 24.6. The highest BCUT2D eigenvalue weighted by Gasteiger charge is 2.48. The van der Waals surface area contributed by atoms with Crippen LogP contribution in [0, 0.1) is 0 Å². The highest BCUT2D eigenvalue weighted by Crippen LogP contribution is 2.45. The van der Waals surface area contributed by atoms with E-state index in [4.69, 9.17) is 4.74 Å². The van der Waals surface area contributed by atoms with E-state index >= 15 is 0 Å². The first-order valence-electron chi connectivity index (χ1n) is 12.7. The number of nitrogens with one attached hydrogen (secondary N) is 1. The zero-order chi connectivity index (χ0) is 23.0. The molecule has 0 radical (unpaired) electrons. The second-order valence-corrected chi connectivity index (χ2v) is 10.0. The van der Waals surface area contributed by atoms with Gasteiger partial charge in [0.05, 0.1) is 25.3 Å². The smallest absolute Gasteiger partial charge is 0.237 e. The number of morpholine rings is 1. The van der Waals surface area contributed by atoms with E-state index in [0.717, 1.165) is 71.7 Å². The van der Waals surface area contributed by atoms with E-state index in [1.165, 1.54) is 27.7 Å². The lowest BCUT2D eigenvalue weighted by atomic mass is 9.77. The molecule has 194 valence electrons. The number of hydrogen-bond acceptors (Lipinski definition) is 4. The quantitative estimate of drug-likeness (QED) is 0.595. The Kier molecular flexibility index (Phi) is 8.12. The van der Waals surface area contributed by atoms with Crippen LogP contribution in [0.3, 0.4) is 0 Å². The van der Waals surface area contributed by atoms with E-state index < -0.39 is 0 Å². The van der Waals surface area contributed by atoms with Gasteiger partial charge in [0.1, 0.15) is 0 Å². The first-order valence-corrected chi connectivity index (χ1v) is 12.7. The summed E-state index contributed by atoms with van der Waals surface area (Å²) in [7, 11) is 0. The summed E-state index contributed by atoms with van der Waals surface area (Å²) in [5.41, 5.74) is 5.01. The SMILES string of the molecule is O.O.O=C(CN1CCOCC1)N1CCc2c([nH]c3ccccc23)C12CCN(Cc1ccccc1)CC2. The summed E-state index contributed by atoms with van der Waals surface area (Å²) in [5, 5.41) is 1.32. The molecule has 1 aromatic heterocycles. The lowest BCUT2D eigenvalue weighted by molar-refractivity contribution is -0.144. The van der Waals surface area contributed by atoms with Gasteiger partial charge in [-0.1, -0.05) is 48.5 Å². The van der Waals surface area contributed by atoms with Gasteiger partial charge in [0.25, 0.3) is 0 Å². The van der Waals surface area contributed by atoms with Gasteiger partial charge in [-0.25, -0.2) is 0 Å². The van der Waals surface area contributed by atoms with Crippen molar-refractivity contribution in [2.75, 3.05) is 52.5 Å². The first kappa shape index (κ1) is 26.3. The van der Waals surface area contributed by atoms with Crippen LogP contribution in [0.1, 0.15) is 29.7 Å². The molecule has 3 aliphatic rings. The minimum absolute atomic E-state index is 0. The Labute approximate surface area is 212 Å². The van der Waals surface area contributed by atoms with Crippen LogP contribution in [0.2, 0.25) is 0 Å². The molecule has 0 bridgehead atoms. The van der Waals surface area contributed by atoms with Gasteiger partial charge < -0.3 is 25.6 Å². The summed E-state index contributed by atoms with van der Waals surface area (Å²) < 4.78 is 5.50. The molecule has 8 heteroatoms. The largest absolute Gasteiger partial charge is 0.412 e. The minimum atomic E-state index is -0.247. The number of amides is 1. The number of ether oxygens (including phenoxy) is 1. The van der Waals surface area contributed by atoms with E-state index in [1.54, 1.807) is 0 Å². The van der Waals surface area contributed by atoms with Gasteiger partial charge in [0.15, 0.2) is 0 Å². The van der Waals surface area contributed by atoms with Gasteiger partial charge >= 0.3 is 0 Å². The number of nitrogens with zero attached hydrogens (tertiary/aromatic N) is 3. The van der Waals surface area contributed by atoms with Crippen molar-refractivity contribution >= 4 is 16.8 Å². The molecule has 0 saturated carbocycles. The Morgan fingerprint density at radius 2 is 1.56 bits per heavy atom. The van der Waals surface area contributed by atoms with Crippen molar-refractivity contribution < 1.29 is 20.5 Å². The molecule has 36 heavy (non-hydrogen) atoms. The molecule has 3 aromatic rings. The van der Waals surface area contributed by atoms with E-state index in [2.05, 4.69) is 74.3 Å². The average molecular weight is 495 g/mol. The first-order chi connectivity index (χ1) is 16.7. The molecule has 8 nitrogen and oxygen atoms in total. The number of rotatable bonds is 4. The summed E-state index contributed by atoms with van der Waals surface area (Å²) in [6.07, 6.45) is 2.85. The van der Waals surface area contributed by atoms with Gasteiger partial charge in [-0.15, -0.1) is 0 Å². The topological polar surface area (TPSA) is 115 Å². The van der Waals surface area contributed by atoms with E-state index in [0.29, 0.717) is 6.54 Å². The van der Waals surface area contributed by atoms with Crippen LogP contribution in [0.15, 0.2) is 54.6 Å². The Morgan fingerprint density at radius 1 is 0.861 bits per heavy atom. The third-order valence-corrected chi connectivity index (χ3v) is 8.08. The van der Waals surface area contributed by atoms with Gasteiger partial charge in [0, 0.05) is 55.9 Å². The fraction of sp³-hybridized carbons (Fsp3) is 0.464. The number of hydrogen-bond donors (Lipinski definition) is 1. The number of carbonyl (C=O) groups is 1. The third-order valence-electron chi connectivity index (χ3n) is 8.08. The molecule has 0 unspecified atom stereocenters. The zero-order valence-corrected chi connectivity index (χ0v) is 20.8. The van der Waals surface area contributed by atoms with Crippen molar-refractivity contribution in [2.45, 2.75) is 31.3 Å². The molecule has 0 atom stereocenters. The van der Waals surface area contributed by atoms with Crippen molar-refractivity contribution in [1.82, 2.24) is 19.7 Å². The van der Waals surface area contributed by atoms with E-state index in [-0.39, 0.29) is 22.4 Å². The molecule has 2 saturated heterocycles. The molecule has 4 heterocycles. The fourth-order valence-corrected chi connectivity index (χ4v) is 6.27. The Balaban J connectivity index is 0.00000152. The van der Waals surface area contributed by atoms with Crippen LogP contribution >= 0.6 is 0 Å². The van der Waals surface area contributed by atoms with Gasteiger partial charge in [0.2, 0.25) is 5.91 Å². The average Bonchev–Trinajstić information content (AvgIpc) is 3.27. The van der Waals surface area contributed by atoms with Gasteiger partial charge in [-0.2, -0.15) is 0 Å². The second kappa shape index (κ2) is 11.1. The molecule has 2 fully saturated rings. The van der Waals surface area contributed by atoms with Crippen LogP contribution in [0.5, 0.6) is 0 Å². The maximum Gasteiger partial charge on any atom is 0.237 e. The standard InChI is InChI=1S/C28H34N4O2.2H2O/c33-26(21-31-16-18-34-19-17-31)32-13-10-24-23-8-4-5-9-25(23)29-27(24)28(32)11-14-30(15-12-28)20-22-6-2-1-3-7-22;;/h1-9,29H,10-21H2;2*1H2. The van der Waals surface area contributed by atoms with Crippen molar-refractivity contribution in [3.05, 3.63) is 71.4 Å². The molecule has 5 N–H and O–H groups in total. The molecule has 1 spiro atoms. The number of fused-ring (bicyclic) bond motifs is 4. The number of likely N-dealkylation sites (tertiary alicyclic amines) is 1. The van der Waals surface area contributed by atoms with Crippen molar-refractivity contribution in [2.24, 2.45) is 0 Å². The molecular formula is C28H38N4O4. The predicted octanol–water partition coefficient (Wildman–Crippen LogP) is 1.73. The predicted molar refractivity (Wildman–Crippen MR) is 141 cm³/mol. The lowest BCUT2D eigenvalue weighted by Crippen LogP contribution is -2.60. The van der Waals surface area contributed by atoms with Crippen LogP contribution in [0.4, 0.5) is 0 Å². The van der Waals surface area contributed by atoms with Crippen molar-refractivity contribution in [3.8, 4) is 0 Å². The highest BCUT2D eigenvalue weighted by atomic mass is 16.5. The second-order valence-electron chi connectivity index (χ2n) is 10.0. The number of aromatic amines is 1. The Bertz CT molecular complexity index is 1150. The normalized spacial score (nSPS) is 19.9. The number of H-pyrrole nitrogens is 1. The highest BCUT2D eigenvalue weighted by molar-refractivity contribution is 5.87. The maximum atomic E-state index is 13.8. The van der Waals surface area contributed by atoms with Crippen LogP contribution in [-0.2, 0) is 28.0 Å². The molecule has 6 rings (SSSR count). The van der Waals surface area contributed by atoms with Crippen LogP contribution < -0.4 is 0 Å². The molecule has 1 amide bonds. The third kappa shape index (κ3) is 4.79. The van der Waals surface area contributed by atoms with Crippen LogP contribution in [0.25, 0.3) is 10.9 Å². The number of carbonyl (C=O) groups excluding carboxylic acids is 1. The lowest BCUT2D eigenvalue weighted by Gasteiger charge is -2.51. The minimum Gasteiger partial charge on any atom is -0.412 e. The van der Waals surface area contributed by atoms with Crippen LogP contribution in [-0.4, -0.2) is 89.0 Å². The monoisotopic (exact) mass is 494 g/mol. The molecular weight excluding hydrogens is 456 g/mol. The number of benzene rings is 2. The summed E-state index contributed by atoms with van der Waals surface area (Å²) in [6, 6.07) is 19.3. The van der Waals surface area contributed by atoms with Gasteiger partial charge in [-0.05, 0) is 36.5 Å². The molecule has 3 aliphatic heterocycles. The van der Waals surface area contributed by atoms with E-state index in [9.17, 15) is 4.79 Å². The maximum absolute atomic E-state index is 13.8. The number of para-hydroxylation sites is 1. The van der Waals surface area contributed by atoms with Gasteiger partial charge in [-0.3, -0.25) is 14.6 Å². The summed E-state index contributed by atoms with van der Waals surface area (Å²) >= 11 is 0. The molecule has 0 aliphatic carbocycles. The number of aromatic nitrogens is 1. The fourth-order valence-electron chi connectivity index (χ4n) is 6.27. The Morgan fingerprint density at radius 3 is 2.31 bits per heavy atom.